The number of hydrogen-bond acceptors (Lipinski definition) is 2. The van der Waals surface area contributed by atoms with Crippen LogP contribution in [0, 0.1) is 0 Å². The third-order valence-electron chi connectivity index (χ3n) is 2.19. The lowest BCUT2D eigenvalue weighted by Crippen LogP contribution is -2.44. The number of alkyl halides is 3. The van der Waals surface area contributed by atoms with Crippen molar-refractivity contribution in [3.63, 3.8) is 0 Å². The Labute approximate surface area is 75.7 Å². The minimum absolute atomic E-state index is 0.0913. The largest absolute Gasteiger partial charge is 0.390 e. The Bertz CT molecular complexity index is 160. The molecule has 0 radical (unpaired) electrons. The Morgan fingerprint density at radius 3 is 2.69 bits per heavy atom. The molecule has 1 aliphatic rings. The Morgan fingerprint density at radius 2 is 2.15 bits per heavy atom. The molecule has 1 saturated heterocycles. The summed E-state index contributed by atoms with van der Waals surface area (Å²) < 4.78 is 40.8. The third-order valence-corrected chi connectivity index (χ3v) is 2.19. The quantitative estimate of drug-likeness (QED) is 0.667. The summed E-state index contributed by atoms with van der Waals surface area (Å²) in [6.07, 6.45) is -4.77. The molecule has 5 heteroatoms. The van der Waals surface area contributed by atoms with E-state index in [1.54, 1.807) is 0 Å². The maximum atomic E-state index is 11.9. The van der Waals surface area contributed by atoms with Gasteiger partial charge in [0.25, 0.3) is 0 Å². The van der Waals surface area contributed by atoms with Crippen LogP contribution in [0.1, 0.15) is 13.3 Å². The molecule has 0 aromatic heterocycles. The maximum absolute atomic E-state index is 11.9. The maximum Gasteiger partial charge on any atom is 0.390 e. The van der Waals surface area contributed by atoms with Gasteiger partial charge in [0.2, 0.25) is 0 Å². The van der Waals surface area contributed by atoms with Gasteiger partial charge in [-0.25, -0.2) is 0 Å². The van der Waals surface area contributed by atoms with Crippen molar-refractivity contribution in [1.82, 2.24) is 4.90 Å². The van der Waals surface area contributed by atoms with Gasteiger partial charge >= 0.3 is 6.18 Å². The van der Waals surface area contributed by atoms with Gasteiger partial charge in [-0.15, -0.1) is 0 Å². The number of rotatable bonds is 2. The first kappa shape index (κ1) is 10.8. The first-order valence-electron chi connectivity index (χ1n) is 4.37. The second kappa shape index (κ2) is 4.28. The standard InChI is InChI=1S/C8H14F3NO/c1-7-6-13-5-4-12(7)3-2-8(9,10)11/h7H,2-6H2,1H3/t7-/m1/s1. The van der Waals surface area contributed by atoms with Gasteiger partial charge in [0, 0.05) is 19.1 Å². The van der Waals surface area contributed by atoms with Crippen LogP contribution in [0.2, 0.25) is 0 Å². The molecule has 0 saturated carbocycles. The van der Waals surface area contributed by atoms with Gasteiger partial charge in [0.15, 0.2) is 0 Å². The van der Waals surface area contributed by atoms with E-state index in [1.165, 1.54) is 0 Å². The summed E-state index contributed by atoms with van der Waals surface area (Å²) in [5, 5.41) is 0. The fraction of sp³-hybridized carbons (Fsp3) is 1.00. The van der Waals surface area contributed by atoms with Gasteiger partial charge in [0.1, 0.15) is 0 Å². The van der Waals surface area contributed by atoms with E-state index in [9.17, 15) is 13.2 Å². The van der Waals surface area contributed by atoms with Crippen LogP contribution in [0.15, 0.2) is 0 Å². The summed E-state index contributed by atoms with van der Waals surface area (Å²) in [6, 6.07) is 0.107. The highest BCUT2D eigenvalue weighted by Gasteiger charge is 2.29. The van der Waals surface area contributed by atoms with Crippen LogP contribution >= 0.6 is 0 Å². The molecular weight excluding hydrogens is 183 g/mol. The molecule has 1 aliphatic heterocycles. The van der Waals surface area contributed by atoms with Gasteiger partial charge in [-0.1, -0.05) is 0 Å². The molecule has 0 aliphatic carbocycles. The van der Waals surface area contributed by atoms with E-state index in [0.717, 1.165) is 0 Å². The number of hydrogen-bond donors (Lipinski definition) is 0. The van der Waals surface area contributed by atoms with Crippen molar-refractivity contribution in [3.05, 3.63) is 0 Å². The van der Waals surface area contributed by atoms with Crippen LogP contribution in [0.25, 0.3) is 0 Å². The number of morpholine rings is 1. The normalized spacial score (nSPS) is 26.3. The number of nitrogens with zero attached hydrogens (tertiary/aromatic N) is 1. The second-order valence-corrected chi connectivity index (χ2v) is 3.33. The molecule has 0 bridgehead atoms. The SMILES string of the molecule is C[C@@H]1COCCN1CCC(F)(F)F. The van der Waals surface area contributed by atoms with E-state index < -0.39 is 12.6 Å². The lowest BCUT2D eigenvalue weighted by molar-refractivity contribution is -0.142. The summed E-state index contributed by atoms with van der Waals surface area (Å²) >= 11 is 0. The molecule has 2 nitrogen and oxygen atoms in total. The van der Waals surface area contributed by atoms with Crippen molar-refractivity contribution in [1.29, 1.82) is 0 Å². The van der Waals surface area contributed by atoms with E-state index in [0.29, 0.717) is 19.8 Å². The van der Waals surface area contributed by atoms with Gasteiger partial charge in [-0.3, -0.25) is 4.90 Å². The molecule has 78 valence electrons. The topological polar surface area (TPSA) is 12.5 Å². The molecule has 0 unspecified atom stereocenters. The average molecular weight is 197 g/mol. The Kier molecular flexibility index (Phi) is 3.55. The van der Waals surface area contributed by atoms with Gasteiger partial charge in [-0.2, -0.15) is 13.2 Å². The monoisotopic (exact) mass is 197 g/mol. The molecule has 0 N–H and O–H groups in total. The summed E-state index contributed by atoms with van der Waals surface area (Å²) in [5.74, 6) is 0. The van der Waals surface area contributed by atoms with Crippen molar-refractivity contribution in [2.24, 2.45) is 0 Å². The fourth-order valence-corrected chi connectivity index (χ4v) is 1.36. The van der Waals surface area contributed by atoms with Crippen molar-refractivity contribution in [3.8, 4) is 0 Å². The first-order chi connectivity index (χ1) is 5.99. The van der Waals surface area contributed by atoms with Crippen LogP contribution in [-0.4, -0.2) is 43.4 Å². The van der Waals surface area contributed by atoms with Gasteiger partial charge < -0.3 is 4.74 Å². The lowest BCUT2D eigenvalue weighted by Gasteiger charge is -2.33. The molecule has 1 atom stereocenters. The Morgan fingerprint density at radius 1 is 1.46 bits per heavy atom. The zero-order chi connectivity index (χ0) is 9.90. The van der Waals surface area contributed by atoms with E-state index in [1.807, 2.05) is 11.8 Å². The molecular formula is C8H14F3NO. The average Bonchev–Trinajstić information content (AvgIpc) is 2.01. The molecule has 0 amide bonds. The molecule has 0 spiro atoms. The lowest BCUT2D eigenvalue weighted by atomic mass is 10.2. The van der Waals surface area contributed by atoms with Crippen molar-refractivity contribution in [2.45, 2.75) is 25.6 Å². The third kappa shape index (κ3) is 3.95. The van der Waals surface area contributed by atoms with Gasteiger partial charge in [0.05, 0.1) is 19.6 Å². The predicted octanol–water partition coefficient (Wildman–Crippen LogP) is 1.66. The van der Waals surface area contributed by atoms with E-state index >= 15 is 0 Å². The summed E-state index contributed by atoms with van der Waals surface area (Å²) in [5.41, 5.74) is 0. The van der Waals surface area contributed by atoms with Crippen LogP contribution < -0.4 is 0 Å². The highest BCUT2D eigenvalue weighted by Crippen LogP contribution is 2.20. The van der Waals surface area contributed by atoms with Crippen molar-refractivity contribution >= 4 is 0 Å². The molecule has 0 aromatic carbocycles. The molecule has 1 heterocycles. The molecule has 0 aromatic rings. The summed E-state index contributed by atoms with van der Waals surface area (Å²) in [6.45, 7) is 3.67. The van der Waals surface area contributed by atoms with Crippen LogP contribution in [-0.2, 0) is 4.74 Å². The zero-order valence-electron chi connectivity index (χ0n) is 7.60. The first-order valence-corrected chi connectivity index (χ1v) is 4.37. The molecule has 13 heavy (non-hydrogen) atoms. The fourth-order valence-electron chi connectivity index (χ4n) is 1.36. The predicted molar refractivity (Wildman–Crippen MR) is 42.5 cm³/mol. The Hall–Kier alpha value is -0.290. The highest BCUT2D eigenvalue weighted by molar-refractivity contribution is 4.71. The minimum atomic E-state index is -4.04. The van der Waals surface area contributed by atoms with Crippen LogP contribution in [0.4, 0.5) is 13.2 Å². The van der Waals surface area contributed by atoms with Gasteiger partial charge in [-0.05, 0) is 6.92 Å². The highest BCUT2D eigenvalue weighted by atomic mass is 19.4. The van der Waals surface area contributed by atoms with Crippen molar-refractivity contribution < 1.29 is 17.9 Å². The Balaban J connectivity index is 2.27. The smallest absolute Gasteiger partial charge is 0.379 e. The van der Waals surface area contributed by atoms with E-state index in [2.05, 4.69) is 0 Å². The summed E-state index contributed by atoms with van der Waals surface area (Å²) in [4.78, 5) is 1.82. The zero-order valence-corrected chi connectivity index (χ0v) is 7.60. The van der Waals surface area contributed by atoms with E-state index in [4.69, 9.17) is 4.74 Å². The van der Waals surface area contributed by atoms with E-state index in [-0.39, 0.29) is 12.6 Å². The molecule has 1 fully saturated rings. The number of ether oxygens (including phenoxy) is 1. The molecule has 1 rings (SSSR count). The number of halogens is 3. The van der Waals surface area contributed by atoms with Crippen LogP contribution in [0.3, 0.4) is 0 Å². The van der Waals surface area contributed by atoms with Crippen LogP contribution in [0.5, 0.6) is 0 Å². The minimum Gasteiger partial charge on any atom is -0.379 e. The van der Waals surface area contributed by atoms with Crippen molar-refractivity contribution in [2.75, 3.05) is 26.3 Å². The summed E-state index contributed by atoms with van der Waals surface area (Å²) in [7, 11) is 0. The second-order valence-electron chi connectivity index (χ2n) is 3.33.